The second kappa shape index (κ2) is 12.6. The van der Waals surface area contributed by atoms with E-state index in [-0.39, 0.29) is 11.8 Å². The molecule has 0 unspecified atom stereocenters. The van der Waals surface area contributed by atoms with Crippen molar-refractivity contribution in [2.75, 3.05) is 26.1 Å². The van der Waals surface area contributed by atoms with Gasteiger partial charge < -0.3 is 24.8 Å². The lowest BCUT2D eigenvalue weighted by Crippen LogP contribution is -2.33. The van der Waals surface area contributed by atoms with Crippen LogP contribution >= 0.6 is 0 Å². The summed E-state index contributed by atoms with van der Waals surface area (Å²) in [6.45, 7) is 2.30. The maximum atomic E-state index is 13.1. The molecule has 0 aliphatic heterocycles. The van der Waals surface area contributed by atoms with Crippen LogP contribution in [-0.4, -0.2) is 38.7 Å². The molecule has 7 heteroatoms. The van der Waals surface area contributed by atoms with Crippen molar-refractivity contribution < 1.29 is 23.8 Å². The highest BCUT2D eigenvalue weighted by Gasteiger charge is 2.21. The lowest BCUT2D eigenvalue weighted by atomic mass is 10.1. The molecule has 0 radical (unpaired) electrons. The minimum atomic E-state index is -0.711. The van der Waals surface area contributed by atoms with Crippen LogP contribution in [0.1, 0.15) is 29.3 Å². The van der Waals surface area contributed by atoms with Gasteiger partial charge >= 0.3 is 0 Å². The average molecular weight is 513 g/mol. The Hall–Kier alpha value is -4.52. The van der Waals surface area contributed by atoms with E-state index >= 15 is 0 Å². The molecule has 2 amide bonds. The molecule has 0 saturated heterocycles. The molecule has 38 heavy (non-hydrogen) atoms. The summed E-state index contributed by atoms with van der Waals surface area (Å²) in [4.78, 5) is 26.1. The van der Waals surface area contributed by atoms with Gasteiger partial charge in [0.05, 0.1) is 25.5 Å². The van der Waals surface area contributed by atoms with Gasteiger partial charge in [-0.05, 0) is 65.6 Å². The normalized spacial score (nSPS) is 11.4. The summed E-state index contributed by atoms with van der Waals surface area (Å²) in [6.07, 6.45) is 0.369. The number of methoxy groups -OCH3 is 2. The van der Waals surface area contributed by atoms with Crippen molar-refractivity contribution in [1.29, 1.82) is 0 Å². The summed E-state index contributed by atoms with van der Waals surface area (Å²) in [5, 5.41) is 7.95. The fraction of sp³-hybridized carbons (Fsp3) is 0.226. The van der Waals surface area contributed by atoms with Crippen molar-refractivity contribution in [3.63, 3.8) is 0 Å². The number of benzene rings is 4. The fourth-order valence-corrected chi connectivity index (χ4v) is 4.18. The number of anilines is 1. The highest BCUT2D eigenvalue weighted by Crippen LogP contribution is 2.28. The Balaban J connectivity index is 1.38. The summed E-state index contributed by atoms with van der Waals surface area (Å²) >= 11 is 0. The molecule has 0 heterocycles. The number of nitrogens with one attached hydrogen (secondary N) is 2. The second-order valence-corrected chi connectivity index (χ2v) is 8.75. The van der Waals surface area contributed by atoms with Gasteiger partial charge in [-0.1, -0.05) is 55.5 Å². The summed E-state index contributed by atoms with van der Waals surface area (Å²) < 4.78 is 16.6. The first-order valence-electron chi connectivity index (χ1n) is 12.6. The molecule has 0 saturated carbocycles. The third-order valence-electron chi connectivity index (χ3n) is 6.24. The molecule has 4 aromatic carbocycles. The van der Waals surface area contributed by atoms with Crippen LogP contribution in [0.25, 0.3) is 10.8 Å². The maximum Gasteiger partial charge on any atom is 0.265 e. The van der Waals surface area contributed by atoms with Gasteiger partial charge in [-0.3, -0.25) is 9.59 Å². The minimum absolute atomic E-state index is 0.273. The van der Waals surface area contributed by atoms with Crippen molar-refractivity contribution in [2.24, 2.45) is 0 Å². The van der Waals surface area contributed by atoms with Gasteiger partial charge in [0.2, 0.25) is 0 Å². The van der Waals surface area contributed by atoms with Gasteiger partial charge in [-0.2, -0.15) is 0 Å². The van der Waals surface area contributed by atoms with Crippen molar-refractivity contribution in [2.45, 2.75) is 25.9 Å². The van der Waals surface area contributed by atoms with Crippen LogP contribution in [0.4, 0.5) is 5.69 Å². The number of fused-ring (bicyclic) bond motifs is 1. The predicted molar refractivity (Wildman–Crippen MR) is 149 cm³/mol. The number of carbonyl (C=O) groups is 2. The molecule has 196 valence electrons. The Kier molecular flexibility index (Phi) is 8.82. The molecule has 7 nitrogen and oxygen atoms in total. The van der Waals surface area contributed by atoms with Gasteiger partial charge in [0.1, 0.15) is 5.75 Å². The molecule has 4 aromatic rings. The third kappa shape index (κ3) is 6.42. The quantitative estimate of drug-likeness (QED) is 0.272. The Morgan fingerprint density at radius 2 is 1.55 bits per heavy atom. The summed E-state index contributed by atoms with van der Waals surface area (Å²) in [6, 6.07) is 26.3. The first-order valence-corrected chi connectivity index (χ1v) is 12.6. The van der Waals surface area contributed by atoms with E-state index in [4.69, 9.17) is 14.2 Å². The minimum Gasteiger partial charge on any atom is -0.493 e. The lowest BCUT2D eigenvalue weighted by Gasteiger charge is -2.19. The molecule has 4 rings (SSSR count). The van der Waals surface area contributed by atoms with Crippen LogP contribution in [0.3, 0.4) is 0 Å². The Labute approximate surface area is 222 Å². The molecule has 0 bridgehead atoms. The van der Waals surface area contributed by atoms with Gasteiger partial charge in [-0.15, -0.1) is 0 Å². The summed E-state index contributed by atoms with van der Waals surface area (Å²) in [5.41, 5.74) is 1.82. The van der Waals surface area contributed by atoms with Gasteiger partial charge in [-0.25, -0.2) is 0 Å². The zero-order chi connectivity index (χ0) is 26.9. The number of amides is 2. The molecule has 0 aromatic heterocycles. The van der Waals surface area contributed by atoms with E-state index < -0.39 is 6.10 Å². The SMILES string of the molecule is CC[C@@H](Oc1ccc2ccccc2c1)C(=O)Nc1ccccc1C(=O)NCCc1ccc(OC)c(OC)c1. The van der Waals surface area contributed by atoms with E-state index in [2.05, 4.69) is 10.6 Å². The topological polar surface area (TPSA) is 85.9 Å². The highest BCUT2D eigenvalue weighted by atomic mass is 16.5. The van der Waals surface area contributed by atoms with Gasteiger partial charge in [0, 0.05) is 6.54 Å². The number of rotatable bonds is 11. The molecule has 0 aliphatic rings. The molecule has 0 fully saturated rings. The molecular weight excluding hydrogens is 480 g/mol. The highest BCUT2D eigenvalue weighted by molar-refractivity contribution is 6.04. The third-order valence-corrected chi connectivity index (χ3v) is 6.24. The van der Waals surface area contributed by atoms with Crippen molar-refractivity contribution in [1.82, 2.24) is 5.32 Å². The van der Waals surface area contributed by atoms with Crippen molar-refractivity contribution in [3.05, 3.63) is 96.1 Å². The van der Waals surface area contributed by atoms with Crippen LogP contribution < -0.4 is 24.8 Å². The van der Waals surface area contributed by atoms with E-state index in [1.54, 1.807) is 38.5 Å². The zero-order valence-electron chi connectivity index (χ0n) is 21.8. The number of hydrogen-bond donors (Lipinski definition) is 2. The summed E-state index contributed by atoms with van der Waals surface area (Å²) in [7, 11) is 3.18. The largest absolute Gasteiger partial charge is 0.493 e. The number of hydrogen-bond acceptors (Lipinski definition) is 5. The first-order chi connectivity index (χ1) is 18.5. The van der Waals surface area contributed by atoms with Crippen LogP contribution in [0.2, 0.25) is 0 Å². The molecule has 0 spiro atoms. The molecular formula is C31H32N2O5. The van der Waals surface area contributed by atoms with Crippen LogP contribution in [0.5, 0.6) is 17.2 Å². The number of ether oxygens (including phenoxy) is 3. The molecule has 2 N–H and O–H groups in total. The zero-order valence-corrected chi connectivity index (χ0v) is 21.8. The van der Waals surface area contributed by atoms with Gasteiger partial charge in [0.15, 0.2) is 17.6 Å². The monoisotopic (exact) mass is 512 g/mol. The molecule has 0 aliphatic carbocycles. The van der Waals surface area contributed by atoms with Gasteiger partial charge in [0.25, 0.3) is 11.8 Å². The standard InChI is InChI=1S/C31H32N2O5/c1-4-27(38-24-15-14-22-9-5-6-10-23(22)20-24)31(35)33-26-12-8-7-11-25(26)30(34)32-18-17-21-13-16-28(36-2)29(19-21)37-3/h5-16,19-20,27H,4,17-18H2,1-3H3,(H,32,34)(H,33,35)/t27-/m1/s1. The molecule has 1 atom stereocenters. The number of para-hydroxylation sites is 1. The van der Waals surface area contributed by atoms with Crippen LogP contribution in [-0.2, 0) is 11.2 Å². The summed E-state index contributed by atoms with van der Waals surface area (Å²) in [5.74, 6) is 1.32. The Morgan fingerprint density at radius 1 is 0.816 bits per heavy atom. The second-order valence-electron chi connectivity index (χ2n) is 8.75. The van der Waals surface area contributed by atoms with E-state index in [9.17, 15) is 9.59 Å². The van der Waals surface area contributed by atoms with Crippen LogP contribution in [0, 0.1) is 0 Å². The Morgan fingerprint density at radius 3 is 2.32 bits per heavy atom. The smallest absolute Gasteiger partial charge is 0.265 e. The first kappa shape index (κ1) is 26.5. The van der Waals surface area contributed by atoms with Crippen molar-refractivity contribution in [3.8, 4) is 17.2 Å². The van der Waals surface area contributed by atoms with E-state index in [1.165, 1.54) is 0 Å². The predicted octanol–water partition coefficient (Wildman–Crippen LogP) is 5.63. The van der Waals surface area contributed by atoms with E-state index in [0.717, 1.165) is 16.3 Å². The Bertz CT molecular complexity index is 1420. The number of carbonyl (C=O) groups excluding carboxylic acids is 2. The van der Waals surface area contributed by atoms with E-state index in [1.807, 2.05) is 67.6 Å². The average Bonchev–Trinajstić information content (AvgIpc) is 2.95. The lowest BCUT2D eigenvalue weighted by molar-refractivity contribution is -0.122. The maximum absolute atomic E-state index is 13.1. The van der Waals surface area contributed by atoms with E-state index in [0.29, 0.717) is 47.9 Å². The van der Waals surface area contributed by atoms with Crippen LogP contribution in [0.15, 0.2) is 84.9 Å². The fourth-order valence-electron chi connectivity index (χ4n) is 4.18. The van der Waals surface area contributed by atoms with Crippen molar-refractivity contribution >= 4 is 28.3 Å².